The molecule has 0 saturated heterocycles. The summed E-state index contributed by atoms with van der Waals surface area (Å²) < 4.78 is 38.3. The molecule has 59 heavy (non-hydrogen) atoms. The molecule has 1 aliphatic carbocycles. The molecule has 1 rings (SSSR count). The van der Waals surface area contributed by atoms with Gasteiger partial charge in [-0.25, -0.2) is 14.4 Å². The van der Waals surface area contributed by atoms with Crippen LogP contribution in [0.25, 0.3) is 0 Å². The number of esters is 1. The SMILES string of the molecule is C=C(C)C(=O)OCCOC(O)NCC(C)(C)CC(C)CCNC(=O)OC1C(C)(C)C(OC(=O)NCCC(C)CC(C)(C)CNC(OC)OCCOC(O)C(=C)C)C1(C)C. The lowest BCUT2D eigenvalue weighted by molar-refractivity contribution is -0.244. The second-order valence-corrected chi connectivity index (χ2v) is 19.0. The highest BCUT2D eigenvalue weighted by molar-refractivity contribution is 5.86. The molecule has 16 heteroatoms. The van der Waals surface area contributed by atoms with E-state index in [1.807, 2.05) is 27.7 Å². The molecule has 0 heterocycles. The van der Waals surface area contributed by atoms with Gasteiger partial charge in [0.25, 0.3) is 0 Å². The number of methoxy groups -OCH3 is 1. The van der Waals surface area contributed by atoms with Crippen LogP contribution in [0.15, 0.2) is 24.3 Å². The maximum absolute atomic E-state index is 12.9. The Kier molecular flexibility index (Phi) is 23.1. The summed E-state index contributed by atoms with van der Waals surface area (Å²) in [5.74, 6) is 0.0699. The molecule has 1 fully saturated rings. The highest BCUT2D eigenvalue weighted by atomic mass is 16.7. The van der Waals surface area contributed by atoms with Gasteiger partial charge in [-0.1, -0.05) is 82.4 Å². The van der Waals surface area contributed by atoms with Crippen molar-refractivity contribution in [2.45, 2.75) is 140 Å². The van der Waals surface area contributed by atoms with Crippen molar-refractivity contribution in [2.24, 2.45) is 33.5 Å². The maximum Gasteiger partial charge on any atom is 0.407 e. The fraction of sp³-hybridized carbons (Fsp3) is 0.837. The molecule has 0 aromatic heterocycles. The number of aliphatic hydroxyl groups is 2. The average Bonchev–Trinajstić information content (AvgIpc) is 3.12. The first-order chi connectivity index (χ1) is 27.2. The molecule has 344 valence electrons. The Morgan fingerprint density at radius 3 is 1.59 bits per heavy atom. The molecule has 5 atom stereocenters. The zero-order chi connectivity index (χ0) is 45.2. The zero-order valence-corrected chi connectivity index (χ0v) is 38.4. The lowest BCUT2D eigenvalue weighted by Gasteiger charge is -2.61. The molecular formula is C43H80N4O12. The average molecular weight is 845 g/mol. The van der Waals surface area contributed by atoms with E-state index >= 15 is 0 Å². The van der Waals surface area contributed by atoms with Crippen LogP contribution in [0.2, 0.25) is 0 Å². The van der Waals surface area contributed by atoms with E-state index in [0.29, 0.717) is 43.2 Å². The van der Waals surface area contributed by atoms with Crippen molar-refractivity contribution in [1.29, 1.82) is 0 Å². The van der Waals surface area contributed by atoms with E-state index in [2.05, 4.69) is 76.0 Å². The van der Waals surface area contributed by atoms with Crippen molar-refractivity contribution >= 4 is 18.2 Å². The molecule has 0 aromatic carbocycles. The summed E-state index contributed by atoms with van der Waals surface area (Å²) in [6, 6.07) is 0. The van der Waals surface area contributed by atoms with E-state index in [0.717, 1.165) is 25.7 Å². The summed E-state index contributed by atoms with van der Waals surface area (Å²) >= 11 is 0. The van der Waals surface area contributed by atoms with Crippen LogP contribution < -0.4 is 21.3 Å². The van der Waals surface area contributed by atoms with Gasteiger partial charge in [-0.05, 0) is 67.8 Å². The molecule has 0 bridgehead atoms. The third-order valence-electron chi connectivity index (χ3n) is 10.5. The van der Waals surface area contributed by atoms with Gasteiger partial charge in [0.15, 0.2) is 6.29 Å². The van der Waals surface area contributed by atoms with Crippen LogP contribution in [-0.2, 0) is 38.0 Å². The Bertz CT molecular complexity index is 1310. The molecule has 1 saturated carbocycles. The van der Waals surface area contributed by atoms with Gasteiger partial charge in [-0.2, -0.15) is 0 Å². The van der Waals surface area contributed by atoms with Crippen LogP contribution in [0.1, 0.15) is 109 Å². The van der Waals surface area contributed by atoms with Gasteiger partial charge in [0.2, 0.25) is 12.8 Å². The second-order valence-electron chi connectivity index (χ2n) is 19.0. The van der Waals surface area contributed by atoms with Crippen LogP contribution >= 0.6 is 0 Å². The number of nitrogens with one attached hydrogen (secondary N) is 4. The quantitative estimate of drug-likeness (QED) is 0.0131. The van der Waals surface area contributed by atoms with Crippen molar-refractivity contribution in [2.75, 3.05) is 59.7 Å². The Morgan fingerprint density at radius 2 is 1.15 bits per heavy atom. The molecule has 2 amide bonds. The molecule has 0 aliphatic heterocycles. The van der Waals surface area contributed by atoms with Crippen LogP contribution in [0.5, 0.6) is 0 Å². The smallest absolute Gasteiger partial charge is 0.407 e. The van der Waals surface area contributed by atoms with Crippen molar-refractivity contribution in [1.82, 2.24) is 21.3 Å². The number of alkyl carbamates (subject to hydrolysis) is 2. The molecule has 5 unspecified atom stereocenters. The predicted molar refractivity (Wildman–Crippen MR) is 226 cm³/mol. The van der Waals surface area contributed by atoms with E-state index in [-0.39, 0.29) is 43.2 Å². The van der Waals surface area contributed by atoms with Crippen LogP contribution in [0, 0.1) is 33.5 Å². The fourth-order valence-electron chi connectivity index (χ4n) is 7.94. The van der Waals surface area contributed by atoms with Crippen LogP contribution in [0.3, 0.4) is 0 Å². The minimum atomic E-state index is -1.20. The van der Waals surface area contributed by atoms with Gasteiger partial charge in [0.05, 0.1) is 19.8 Å². The number of rotatable bonds is 30. The number of amides is 2. The van der Waals surface area contributed by atoms with E-state index in [4.69, 9.17) is 33.2 Å². The summed E-state index contributed by atoms with van der Waals surface area (Å²) in [6.07, 6.45) is -1.58. The van der Waals surface area contributed by atoms with Crippen LogP contribution in [0.4, 0.5) is 9.59 Å². The van der Waals surface area contributed by atoms with Gasteiger partial charge in [-0.15, -0.1) is 0 Å². The van der Waals surface area contributed by atoms with Crippen molar-refractivity contribution in [3.05, 3.63) is 24.3 Å². The Hall–Kier alpha value is -2.83. The minimum Gasteiger partial charge on any atom is -0.460 e. The molecule has 16 nitrogen and oxygen atoms in total. The summed E-state index contributed by atoms with van der Waals surface area (Å²) in [7, 11) is 1.55. The van der Waals surface area contributed by atoms with Gasteiger partial charge < -0.3 is 54.0 Å². The summed E-state index contributed by atoms with van der Waals surface area (Å²) in [5, 5.41) is 31.8. The Labute approximate surface area is 354 Å². The van der Waals surface area contributed by atoms with Gasteiger partial charge in [0, 0.05) is 49.7 Å². The number of carbonyl (C=O) groups excluding carboxylic acids is 3. The van der Waals surface area contributed by atoms with E-state index in [1.165, 1.54) is 0 Å². The lowest BCUT2D eigenvalue weighted by atomic mass is 9.51. The van der Waals surface area contributed by atoms with Crippen LogP contribution in [-0.4, -0.2) is 119 Å². The molecular weight excluding hydrogens is 764 g/mol. The third-order valence-corrected chi connectivity index (χ3v) is 10.5. The minimum absolute atomic E-state index is 0.0137. The number of aliphatic hydroxyl groups excluding tert-OH is 2. The highest BCUT2D eigenvalue weighted by Gasteiger charge is 2.66. The van der Waals surface area contributed by atoms with Gasteiger partial charge >= 0.3 is 18.2 Å². The highest BCUT2D eigenvalue weighted by Crippen LogP contribution is 2.57. The van der Waals surface area contributed by atoms with Crippen molar-refractivity contribution in [3.63, 3.8) is 0 Å². The van der Waals surface area contributed by atoms with Gasteiger partial charge in [-0.3, -0.25) is 10.6 Å². The number of hydrogen-bond donors (Lipinski definition) is 6. The number of ether oxygens (including phenoxy) is 7. The first-order valence-corrected chi connectivity index (χ1v) is 20.8. The predicted octanol–water partition coefficient (Wildman–Crippen LogP) is 5.58. The van der Waals surface area contributed by atoms with Gasteiger partial charge in [0.1, 0.15) is 18.8 Å². The summed E-state index contributed by atoms with van der Waals surface area (Å²) in [5.41, 5.74) is -0.638. The summed E-state index contributed by atoms with van der Waals surface area (Å²) in [6.45, 7) is 33.4. The van der Waals surface area contributed by atoms with E-state index in [9.17, 15) is 24.6 Å². The van der Waals surface area contributed by atoms with Crippen molar-refractivity contribution < 1.29 is 57.8 Å². The lowest BCUT2D eigenvalue weighted by Crippen LogP contribution is -2.70. The van der Waals surface area contributed by atoms with E-state index < -0.39 is 60.3 Å². The molecule has 1 aliphatic rings. The Morgan fingerprint density at radius 1 is 0.712 bits per heavy atom. The largest absolute Gasteiger partial charge is 0.460 e. The number of carbonyl (C=O) groups is 3. The molecule has 6 N–H and O–H groups in total. The monoisotopic (exact) mass is 845 g/mol. The maximum atomic E-state index is 12.9. The Balaban J connectivity index is 2.40. The second kappa shape index (κ2) is 25.2. The summed E-state index contributed by atoms with van der Waals surface area (Å²) in [4.78, 5) is 37.2. The van der Waals surface area contributed by atoms with Crippen molar-refractivity contribution in [3.8, 4) is 0 Å². The topological polar surface area (TPSA) is 204 Å². The molecule has 0 aromatic rings. The standard InChI is InChI=1S/C43H80N4O12/c1-28(2)32(48)54-20-22-56-36(50)46-26-40(7,8)24-30(5)16-18-44-37(51)58-34-42(11,12)35(43(34,13)14)59-38(52)45-19-17-31(6)25-41(9,10)27-47-39(53-15)57-23-21-55-33(49)29(3)4/h30-31,33-36,39,46-47,49-50H,1,3,16-27H2,2,4-15H3,(H,44,51)(H,45,52). The molecule has 0 spiro atoms. The first kappa shape index (κ1) is 54.2. The first-order valence-electron chi connectivity index (χ1n) is 20.8. The third kappa shape index (κ3) is 20.5. The molecule has 0 radical (unpaired) electrons. The fourth-order valence-corrected chi connectivity index (χ4v) is 7.94. The normalized spacial score (nSPS) is 19.9. The number of hydrogen-bond acceptors (Lipinski definition) is 14. The van der Waals surface area contributed by atoms with E-state index in [1.54, 1.807) is 21.0 Å². The zero-order valence-electron chi connectivity index (χ0n) is 38.4.